The van der Waals surface area contributed by atoms with Gasteiger partial charge in [0.25, 0.3) is 0 Å². The highest BCUT2D eigenvalue weighted by atomic mass is 19.1. The van der Waals surface area contributed by atoms with Gasteiger partial charge in [-0.2, -0.15) is 19.7 Å². The summed E-state index contributed by atoms with van der Waals surface area (Å²) in [6.07, 6.45) is 0.475. The van der Waals surface area contributed by atoms with Crippen molar-refractivity contribution in [3.63, 3.8) is 0 Å². The molecule has 0 saturated carbocycles. The maximum absolute atomic E-state index is 12.2. The molecule has 0 aliphatic rings. The number of fused-ring (bicyclic) bond motifs is 1. The first-order chi connectivity index (χ1) is 4.86. The summed E-state index contributed by atoms with van der Waals surface area (Å²) in [6.45, 7) is 0. The lowest BCUT2D eigenvalue weighted by atomic mass is 10.6. The molecule has 1 N–H and O–H groups in total. The van der Waals surface area contributed by atoms with Crippen LogP contribution >= 0.6 is 0 Å². The van der Waals surface area contributed by atoms with Crippen molar-refractivity contribution in [1.82, 2.24) is 25.4 Å². The molecule has 0 spiro atoms. The number of nitrogens with zero attached hydrogens (tertiary/aromatic N) is 4. The van der Waals surface area contributed by atoms with E-state index in [0.717, 1.165) is 0 Å². The Kier molecular flexibility index (Phi) is 0.883. The standard InChI is InChI=1S/C4H2FN5/c5-4-6-1-2-3(7-4)9-10-8-2/h1H,(H,6,7,8,9,10). The minimum Gasteiger partial charge on any atom is -0.208 e. The molecule has 2 aromatic rings. The predicted octanol–water partition coefficient (Wildman–Crippen LogP) is -0.113. The number of rotatable bonds is 0. The molecule has 6 heteroatoms. The normalized spacial score (nSPS) is 10.5. The smallest absolute Gasteiger partial charge is 0.208 e. The molecule has 0 radical (unpaired) electrons. The number of hydrogen-bond acceptors (Lipinski definition) is 4. The van der Waals surface area contributed by atoms with Crippen molar-refractivity contribution in [2.24, 2.45) is 0 Å². The van der Waals surface area contributed by atoms with Crippen molar-refractivity contribution in [2.45, 2.75) is 0 Å². The average Bonchev–Trinajstić information content (AvgIpc) is 2.33. The van der Waals surface area contributed by atoms with Gasteiger partial charge < -0.3 is 0 Å². The quantitative estimate of drug-likeness (QED) is 0.517. The van der Waals surface area contributed by atoms with Gasteiger partial charge in [0.05, 0.1) is 6.20 Å². The SMILES string of the molecule is Fc1ncc2n[nH]nc2n1. The van der Waals surface area contributed by atoms with Gasteiger partial charge in [0.1, 0.15) is 5.52 Å². The third-order valence-electron chi connectivity index (χ3n) is 1.05. The topological polar surface area (TPSA) is 67.3 Å². The minimum absolute atomic E-state index is 0.243. The monoisotopic (exact) mass is 139 g/mol. The molecule has 0 atom stereocenters. The maximum Gasteiger partial charge on any atom is 0.310 e. The highest BCUT2D eigenvalue weighted by Crippen LogP contribution is 2.00. The molecular weight excluding hydrogens is 137 g/mol. The number of halogens is 1. The summed E-state index contributed by atoms with van der Waals surface area (Å²) in [6, 6.07) is 0. The lowest BCUT2D eigenvalue weighted by Gasteiger charge is -1.82. The number of nitrogens with one attached hydrogen (secondary N) is 1. The Morgan fingerprint density at radius 2 is 2.30 bits per heavy atom. The number of aromatic nitrogens is 5. The number of H-pyrrole nitrogens is 1. The van der Waals surface area contributed by atoms with Gasteiger partial charge >= 0.3 is 6.08 Å². The van der Waals surface area contributed by atoms with E-state index in [1.807, 2.05) is 0 Å². The van der Waals surface area contributed by atoms with E-state index in [0.29, 0.717) is 5.52 Å². The summed E-state index contributed by atoms with van der Waals surface area (Å²) < 4.78 is 12.2. The molecule has 0 saturated heterocycles. The van der Waals surface area contributed by atoms with Gasteiger partial charge in [0.2, 0.25) is 5.65 Å². The Bertz CT molecular complexity index is 355. The highest BCUT2D eigenvalue weighted by molar-refractivity contribution is 5.66. The van der Waals surface area contributed by atoms with Crippen LogP contribution in [0.1, 0.15) is 0 Å². The van der Waals surface area contributed by atoms with Gasteiger partial charge in [-0.25, -0.2) is 4.98 Å². The van der Waals surface area contributed by atoms with Crippen LogP contribution in [0.3, 0.4) is 0 Å². The Balaban J connectivity index is 2.86. The first-order valence-corrected chi connectivity index (χ1v) is 2.55. The van der Waals surface area contributed by atoms with Crippen LogP contribution in [0.4, 0.5) is 4.39 Å². The first-order valence-electron chi connectivity index (χ1n) is 2.55. The molecule has 0 aromatic carbocycles. The van der Waals surface area contributed by atoms with E-state index < -0.39 is 6.08 Å². The molecule has 0 unspecified atom stereocenters. The van der Waals surface area contributed by atoms with Gasteiger partial charge in [-0.1, -0.05) is 0 Å². The minimum atomic E-state index is -0.790. The zero-order valence-corrected chi connectivity index (χ0v) is 4.74. The van der Waals surface area contributed by atoms with E-state index in [1.165, 1.54) is 6.20 Å². The summed E-state index contributed by atoms with van der Waals surface area (Å²) in [5, 5.41) is 9.48. The molecule has 0 aliphatic heterocycles. The van der Waals surface area contributed by atoms with Crippen LogP contribution in [-0.2, 0) is 0 Å². The third-order valence-corrected chi connectivity index (χ3v) is 1.05. The Hall–Kier alpha value is -1.59. The van der Waals surface area contributed by atoms with Crippen LogP contribution < -0.4 is 0 Å². The molecule has 0 bridgehead atoms. The fraction of sp³-hybridized carbons (Fsp3) is 0. The van der Waals surface area contributed by atoms with Crippen LogP contribution in [0.5, 0.6) is 0 Å². The van der Waals surface area contributed by atoms with Gasteiger partial charge in [0.15, 0.2) is 0 Å². The van der Waals surface area contributed by atoms with E-state index in [4.69, 9.17) is 0 Å². The zero-order valence-electron chi connectivity index (χ0n) is 4.74. The second-order valence-corrected chi connectivity index (χ2v) is 1.67. The molecule has 2 heterocycles. The third kappa shape index (κ3) is 0.619. The molecule has 0 aliphatic carbocycles. The molecule has 10 heavy (non-hydrogen) atoms. The van der Waals surface area contributed by atoms with Crippen LogP contribution in [0, 0.1) is 6.08 Å². The fourth-order valence-corrected chi connectivity index (χ4v) is 0.633. The summed E-state index contributed by atoms with van der Waals surface area (Å²) in [4.78, 5) is 6.63. The first kappa shape index (κ1) is 5.21. The van der Waals surface area contributed by atoms with Crippen molar-refractivity contribution < 1.29 is 4.39 Å². The fourth-order valence-electron chi connectivity index (χ4n) is 0.633. The summed E-state index contributed by atoms with van der Waals surface area (Å²) in [5.41, 5.74) is 0.703. The molecule has 2 rings (SSSR count). The van der Waals surface area contributed by atoms with Crippen LogP contribution in [-0.4, -0.2) is 25.4 Å². The van der Waals surface area contributed by atoms with Gasteiger partial charge in [-0.15, -0.1) is 5.10 Å². The van der Waals surface area contributed by atoms with Gasteiger partial charge in [-0.3, -0.25) is 0 Å². The van der Waals surface area contributed by atoms with E-state index in [-0.39, 0.29) is 5.65 Å². The molecule has 0 fully saturated rings. The van der Waals surface area contributed by atoms with Crippen LogP contribution in [0.15, 0.2) is 6.20 Å². The largest absolute Gasteiger partial charge is 0.310 e. The Morgan fingerprint density at radius 3 is 3.20 bits per heavy atom. The molecule has 5 nitrogen and oxygen atoms in total. The van der Waals surface area contributed by atoms with Crippen molar-refractivity contribution >= 4 is 11.2 Å². The van der Waals surface area contributed by atoms with Gasteiger partial charge in [-0.05, 0) is 0 Å². The molecule has 2 aromatic heterocycles. The second-order valence-electron chi connectivity index (χ2n) is 1.67. The van der Waals surface area contributed by atoms with Crippen molar-refractivity contribution in [2.75, 3.05) is 0 Å². The van der Waals surface area contributed by atoms with Crippen molar-refractivity contribution in [3.8, 4) is 0 Å². The van der Waals surface area contributed by atoms with E-state index in [1.54, 1.807) is 0 Å². The maximum atomic E-state index is 12.2. The number of aromatic amines is 1. The Morgan fingerprint density at radius 1 is 1.40 bits per heavy atom. The predicted molar refractivity (Wildman–Crippen MR) is 29.4 cm³/mol. The lowest BCUT2D eigenvalue weighted by Crippen LogP contribution is -1.87. The van der Waals surface area contributed by atoms with E-state index in [9.17, 15) is 4.39 Å². The Labute approximate surface area is 54.3 Å². The van der Waals surface area contributed by atoms with E-state index >= 15 is 0 Å². The highest BCUT2D eigenvalue weighted by Gasteiger charge is 1.99. The van der Waals surface area contributed by atoms with Crippen molar-refractivity contribution in [1.29, 1.82) is 0 Å². The molecule has 50 valence electrons. The zero-order chi connectivity index (χ0) is 6.97. The lowest BCUT2D eigenvalue weighted by molar-refractivity contribution is 0.543. The molecular formula is C4H2FN5. The number of hydrogen-bond donors (Lipinski definition) is 1. The summed E-state index contributed by atoms with van der Waals surface area (Å²) in [5.74, 6) is 0. The summed E-state index contributed by atoms with van der Waals surface area (Å²) in [7, 11) is 0. The molecule has 0 amide bonds. The van der Waals surface area contributed by atoms with Crippen LogP contribution in [0.25, 0.3) is 11.2 Å². The van der Waals surface area contributed by atoms with E-state index in [2.05, 4.69) is 25.4 Å². The second kappa shape index (κ2) is 1.69. The summed E-state index contributed by atoms with van der Waals surface area (Å²) >= 11 is 0. The average molecular weight is 139 g/mol. The van der Waals surface area contributed by atoms with Crippen molar-refractivity contribution in [3.05, 3.63) is 12.3 Å². The van der Waals surface area contributed by atoms with Gasteiger partial charge in [0, 0.05) is 0 Å². The van der Waals surface area contributed by atoms with Crippen LogP contribution in [0.2, 0.25) is 0 Å².